The van der Waals surface area contributed by atoms with E-state index in [9.17, 15) is 52.7 Å². The van der Waals surface area contributed by atoms with Crippen LogP contribution in [0.2, 0.25) is 0 Å². The second-order valence-corrected chi connectivity index (χ2v) is 4.83. The minimum absolute atomic E-state index is 1.05. The van der Waals surface area contributed by atoms with Crippen molar-refractivity contribution in [3.8, 4) is 0 Å². The molecule has 3 atom stereocenters. The Labute approximate surface area is 125 Å². The molecule has 0 aromatic rings. The zero-order chi connectivity index (χ0) is 19.2. The zero-order valence-corrected chi connectivity index (χ0v) is 11.1. The van der Waals surface area contributed by atoms with Gasteiger partial charge >= 0.3 is 24.5 Å². The Morgan fingerprint density at radius 3 is 1.58 bits per heavy atom. The topological polar surface area (TPSA) is 21.8 Å². The van der Waals surface area contributed by atoms with Crippen LogP contribution in [0.3, 0.4) is 0 Å². The molecule has 0 amide bonds. The van der Waals surface area contributed by atoms with Gasteiger partial charge in [0, 0.05) is 6.42 Å². The summed E-state index contributed by atoms with van der Waals surface area (Å²) in [6.07, 6.45) is -27.7. The predicted octanol–water partition coefficient (Wildman–Crippen LogP) is 4.19. The SMILES string of the molecule is FC(F)(F)C(OCCC(F)(F)C(F)(F)F)C(F)(C1CO1)C(F)(F)F. The molecule has 1 aliphatic rings. The van der Waals surface area contributed by atoms with Crippen LogP contribution in [0, 0.1) is 0 Å². The van der Waals surface area contributed by atoms with Crippen LogP contribution in [0.25, 0.3) is 0 Å². The summed E-state index contributed by atoms with van der Waals surface area (Å²) >= 11 is 0. The minimum atomic E-state index is -6.17. The lowest BCUT2D eigenvalue weighted by Gasteiger charge is -2.35. The van der Waals surface area contributed by atoms with Crippen LogP contribution in [-0.4, -0.2) is 55.5 Å². The molecule has 3 unspecified atom stereocenters. The van der Waals surface area contributed by atoms with Gasteiger partial charge in [-0.15, -0.1) is 0 Å². The molecule has 1 saturated heterocycles. The first kappa shape index (κ1) is 21.1. The van der Waals surface area contributed by atoms with Gasteiger partial charge in [0.15, 0.2) is 6.10 Å². The van der Waals surface area contributed by atoms with E-state index in [0.29, 0.717) is 0 Å². The van der Waals surface area contributed by atoms with Gasteiger partial charge in [-0.2, -0.15) is 48.3 Å². The summed E-state index contributed by atoms with van der Waals surface area (Å²) in [5.74, 6) is -5.52. The van der Waals surface area contributed by atoms with Crippen molar-refractivity contribution >= 4 is 0 Å². The number of hydrogen-bond donors (Lipinski definition) is 0. The highest BCUT2D eigenvalue weighted by Gasteiger charge is 2.75. The molecule has 24 heavy (non-hydrogen) atoms. The number of ether oxygens (including phenoxy) is 2. The molecule has 0 aromatic carbocycles. The quantitative estimate of drug-likeness (QED) is 0.503. The highest BCUT2D eigenvalue weighted by Crippen LogP contribution is 2.50. The van der Waals surface area contributed by atoms with Crippen molar-refractivity contribution in [3.63, 3.8) is 0 Å². The summed E-state index contributed by atoms with van der Waals surface area (Å²) in [7, 11) is 0. The molecule has 0 N–H and O–H groups in total. The zero-order valence-electron chi connectivity index (χ0n) is 11.1. The average Bonchev–Trinajstić information content (AvgIpc) is 3.13. The van der Waals surface area contributed by atoms with Gasteiger partial charge in [0.25, 0.3) is 5.67 Å². The Bertz CT molecular complexity index is 435. The first-order valence-electron chi connectivity index (χ1n) is 5.94. The molecule has 0 bridgehead atoms. The Hall–Kier alpha value is -0.920. The van der Waals surface area contributed by atoms with Crippen LogP contribution in [0.15, 0.2) is 0 Å². The van der Waals surface area contributed by atoms with E-state index in [2.05, 4.69) is 9.47 Å². The van der Waals surface area contributed by atoms with E-state index in [1.807, 2.05) is 0 Å². The summed E-state index contributed by atoms with van der Waals surface area (Å²) in [6.45, 7) is -3.17. The van der Waals surface area contributed by atoms with Gasteiger partial charge in [-0.3, -0.25) is 0 Å². The third-order valence-corrected chi connectivity index (χ3v) is 3.03. The molecular formula is C10H8F12O2. The molecule has 1 heterocycles. The highest BCUT2D eigenvalue weighted by molar-refractivity contribution is 5.08. The Morgan fingerprint density at radius 2 is 1.29 bits per heavy atom. The first-order valence-corrected chi connectivity index (χ1v) is 5.94. The molecule has 1 rings (SSSR count). The molecule has 144 valence electrons. The van der Waals surface area contributed by atoms with Crippen LogP contribution in [-0.2, 0) is 9.47 Å². The number of alkyl halides is 12. The van der Waals surface area contributed by atoms with Gasteiger partial charge in [-0.05, 0) is 0 Å². The second-order valence-electron chi connectivity index (χ2n) is 4.83. The molecule has 1 aliphatic heterocycles. The van der Waals surface area contributed by atoms with Gasteiger partial charge in [0.2, 0.25) is 0 Å². The fraction of sp³-hybridized carbons (Fsp3) is 1.00. The maximum atomic E-state index is 14.0. The fourth-order valence-electron chi connectivity index (χ4n) is 1.69. The third-order valence-electron chi connectivity index (χ3n) is 3.03. The highest BCUT2D eigenvalue weighted by atomic mass is 19.4. The Balaban J connectivity index is 2.96. The largest absolute Gasteiger partial charge is 0.453 e. The van der Waals surface area contributed by atoms with Crippen molar-refractivity contribution in [2.75, 3.05) is 13.2 Å². The van der Waals surface area contributed by atoms with Crippen molar-refractivity contribution in [1.82, 2.24) is 0 Å². The van der Waals surface area contributed by atoms with E-state index in [-0.39, 0.29) is 0 Å². The van der Waals surface area contributed by atoms with Gasteiger partial charge < -0.3 is 9.47 Å². The molecule has 0 saturated carbocycles. The molecular weight excluding hydrogens is 380 g/mol. The maximum Gasteiger partial charge on any atom is 0.453 e. The van der Waals surface area contributed by atoms with Crippen LogP contribution in [0.4, 0.5) is 52.7 Å². The molecule has 0 radical (unpaired) electrons. The lowest BCUT2D eigenvalue weighted by Crippen LogP contribution is -2.61. The van der Waals surface area contributed by atoms with E-state index < -0.39 is 62.0 Å². The van der Waals surface area contributed by atoms with Crippen molar-refractivity contribution in [2.24, 2.45) is 0 Å². The second kappa shape index (κ2) is 6.11. The van der Waals surface area contributed by atoms with Gasteiger partial charge in [0.05, 0.1) is 13.2 Å². The standard InChI is InChI=1S/C10H8F12O2/c11-6(12,9(17,18)19)1-2-23-5(8(14,15)16)7(13,4-3-24-4)10(20,21)22/h4-5H,1-3H2. The summed E-state index contributed by atoms with van der Waals surface area (Å²) < 4.78 is 158. The molecule has 0 spiro atoms. The lowest BCUT2D eigenvalue weighted by molar-refractivity contribution is -0.337. The molecule has 2 nitrogen and oxygen atoms in total. The smallest absolute Gasteiger partial charge is 0.369 e. The van der Waals surface area contributed by atoms with Gasteiger partial charge in [-0.1, -0.05) is 0 Å². The molecule has 0 aliphatic carbocycles. The van der Waals surface area contributed by atoms with Crippen LogP contribution >= 0.6 is 0 Å². The normalized spacial score (nSPS) is 23.8. The van der Waals surface area contributed by atoms with Crippen LogP contribution < -0.4 is 0 Å². The van der Waals surface area contributed by atoms with Gasteiger partial charge in [0.1, 0.15) is 6.10 Å². The number of halogens is 12. The summed E-state index contributed by atoms with van der Waals surface area (Å²) in [4.78, 5) is 0. The molecule has 14 heteroatoms. The Morgan fingerprint density at radius 1 is 0.833 bits per heavy atom. The average molecular weight is 388 g/mol. The van der Waals surface area contributed by atoms with E-state index in [0.717, 1.165) is 0 Å². The number of hydrogen-bond acceptors (Lipinski definition) is 2. The maximum absolute atomic E-state index is 14.0. The third kappa shape index (κ3) is 4.18. The first-order chi connectivity index (χ1) is 10.4. The van der Waals surface area contributed by atoms with E-state index >= 15 is 0 Å². The van der Waals surface area contributed by atoms with Crippen molar-refractivity contribution in [2.45, 2.75) is 48.7 Å². The van der Waals surface area contributed by atoms with E-state index in [1.54, 1.807) is 0 Å². The van der Waals surface area contributed by atoms with Crippen LogP contribution in [0.1, 0.15) is 6.42 Å². The summed E-state index contributed by atoms with van der Waals surface area (Å²) in [6, 6.07) is 0. The Kier molecular flexibility index (Phi) is 5.38. The van der Waals surface area contributed by atoms with Crippen molar-refractivity contribution in [1.29, 1.82) is 0 Å². The van der Waals surface area contributed by atoms with E-state index in [4.69, 9.17) is 0 Å². The van der Waals surface area contributed by atoms with Crippen LogP contribution in [0.5, 0.6) is 0 Å². The fourth-order valence-corrected chi connectivity index (χ4v) is 1.69. The summed E-state index contributed by atoms with van der Waals surface area (Å²) in [5, 5.41) is 0. The number of rotatable bonds is 6. The molecule has 0 aromatic heterocycles. The van der Waals surface area contributed by atoms with E-state index in [1.165, 1.54) is 0 Å². The minimum Gasteiger partial charge on any atom is -0.369 e. The molecule has 1 fully saturated rings. The van der Waals surface area contributed by atoms with Gasteiger partial charge in [-0.25, -0.2) is 4.39 Å². The predicted molar refractivity (Wildman–Crippen MR) is 51.0 cm³/mol. The van der Waals surface area contributed by atoms with Crippen molar-refractivity contribution in [3.05, 3.63) is 0 Å². The lowest BCUT2D eigenvalue weighted by atomic mass is 9.93. The summed E-state index contributed by atoms with van der Waals surface area (Å²) in [5.41, 5.74) is -5.14. The monoisotopic (exact) mass is 388 g/mol. The number of epoxide rings is 1. The van der Waals surface area contributed by atoms with Crippen molar-refractivity contribution < 1.29 is 62.2 Å².